The Morgan fingerprint density at radius 1 is 0.696 bits per heavy atom. The topological polar surface area (TPSA) is 25.2 Å². The van der Waals surface area contributed by atoms with Gasteiger partial charge in [0.05, 0.1) is 11.2 Å². The first kappa shape index (κ1) is 36.1. The molecule has 1 aromatic heterocycles. The van der Waals surface area contributed by atoms with Gasteiger partial charge in [-0.1, -0.05) is 147 Å². The summed E-state index contributed by atoms with van der Waals surface area (Å²) >= 11 is 0. The van der Waals surface area contributed by atoms with Gasteiger partial charge in [-0.05, 0) is 140 Å². The maximum absolute atomic E-state index is 5.28. The van der Waals surface area contributed by atoms with Crippen LogP contribution in [0, 0.1) is 6.92 Å². The lowest BCUT2D eigenvalue weighted by molar-refractivity contribution is 1.26. The molecule has 0 N–H and O–H groups in total. The number of aliphatic imine (C=N–C) groups is 1. The summed E-state index contributed by atoms with van der Waals surface area (Å²) in [6, 6.07) is 49.9. The Labute approximate surface area is 329 Å². The number of aryl methyl sites for hydroxylation is 1. The van der Waals surface area contributed by atoms with E-state index in [0.29, 0.717) is 0 Å². The summed E-state index contributed by atoms with van der Waals surface area (Å²) in [5, 5.41) is 5.65. The molecule has 0 amide bonds. The highest BCUT2D eigenvalue weighted by atomic mass is 14.9. The smallest absolute Gasteiger partial charge is 0.155 e. The van der Waals surface area contributed by atoms with Crippen molar-refractivity contribution >= 4 is 64.5 Å². The molecule has 7 aromatic rings. The van der Waals surface area contributed by atoms with E-state index in [0.717, 1.165) is 101 Å². The first-order valence-electron chi connectivity index (χ1n) is 19.2. The second kappa shape index (κ2) is 15.8. The summed E-state index contributed by atoms with van der Waals surface area (Å²) in [5.74, 6) is 0.765. The van der Waals surface area contributed by atoms with Gasteiger partial charge in [0, 0.05) is 17.4 Å². The summed E-state index contributed by atoms with van der Waals surface area (Å²) < 4.78 is 0. The number of nitrogens with zero attached hydrogens (tertiary/aromatic N) is 2. The lowest BCUT2D eigenvalue weighted by atomic mass is 9.89. The molecule has 0 spiro atoms. The largest absolute Gasteiger partial charge is 0.232 e. The van der Waals surface area contributed by atoms with Crippen molar-refractivity contribution in [1.29, 1.82) is 0 Å². The molecular weight excluding hydrogens is 677 g/mol. The van der Waals surface area contributed by atoms with Crippen LogP contribution in [-0.2, 0) is 0 Å². The van der Waals surface area contributed by atoms with Crippen molar-refractivity contribution in [3.05, 3.63) is 207 Å². The zero-order valence-corrected chi connectivity index (χ0v) is 32.3. The number of allylic oxidation sites excluding steroid dienone is 3. The predicted molar refractivity (Wildman–Crippen MR) is 242 cm³/mol. The number of pyridine rings is 1. The summed E-state index contributed by atoms with van der Waals surface area (Å²) in [6.07, 6.45) is 13.6. The van der Waals surface area contributed by atoms with Gasteiger partial charge in [-0.15, -0.1) is 0 Å². The molecule has 1 aliphatic rings. The highest BCUT2D eigenvalue weighted by Crippen LogP contribution is 2.34. The number of aromatic nitrogens is 1. The van der Waals surface area contributed by atoms with E-state index in [1.807, 2.05) is 18.2 Å². The molecule has 270 valence electrons. The zero-order valence-electron chi connectivity index (χ0n) is 32.3. The zero-order chi connectivity index (χ0) is 38.6. The average molecular weight is 721 g/mol. The van der Waals surface area contributed by atoms with Crippen LogP contribution in [0.15, 0.2) is 163 Å². The Hall–Kier alpha value is -6.90. The van der Waals surface area contributed by atoms with E-state index in [9.17, 15) is 0 Å². The van der Waals surface area contributed by atoms with Crippen molar-refractivity contribution < 1.29 is 0 Å². The van der Waals surface area contributed by atoms with Crippen LogP contribution in [-0.4, -0.2) is 10.7 Å². The van der Waals surface area contributed by atoms with Gasteiger partial charge in [-0.25, -0.2) is 9.98 Å². The average Bonchev–Trinajstić information content (AvgIpc) is 3.23. The third-order valence-corrected chi connectivity index (χ3v) is 10.6. The van der Waals surface area contributed by atoms with Gasteiger partial charge in [-0.3, -0.25) is 0 Å². The molecule has 0 saturated carbocycles. The van der Waals surface area contributed by atoms with E-state index < -0.39 is 0 Å². The van der Waals surface area contributed by atoms with E-state index in [-0.39, 0.29) is 0 Å². The van der Waals surface area contributed by atoms with Crippen molar-refractivity contribution in [3.63, 3.8) is 0 Å². The van der Waals surface area contributed by atoms with Crippen molar-refractivity contribution in [2.75, 3.05) is 0 Å². The fourth-order valence-electron chi connectivity index (χ4n) is 7.64. The van der Waals surface area contributed by atoms with Crippen molar-refractivity contribution in [1.82, 2.24) is 4.98 Å². The molecule has 0 saturated heterocycles. The van der Waals surface area contributed by atoms with Crippen molar-refractivity contribution in [2.24, 2.45) is 4.99 Å². The normalized spacial score (nSPS) is 14.0. The van der Waals surface area contributed by atoms with E-state index in [1.165, 1.54) is 10.4 Å². The number of para-hydroxylation sites is 1. The Kier molecular flexibility index (Phi) is 10.2. The van der Waals surface area contributed by atoms with Crippen LogP contribution in [0.3, 0.4) is 0 Å². The third-order valence-electron chi connectivity index (χ3n) is 10.6. The van der Waals surface area contributed by atoms with E-state index in [1.54, 1.807) is 0 Å². The molecular formula is C54H44N2. The summed E-state index contributed by atoms with van der Waals surface area (Å²) in [7, 11) is 0. The quantitative estimate of drug-likeness (QED) is 0.153. The fourth-order valence-corrected chi connectivity index (χ4v) is 7.64. The number of benzene rings is 6. The first-order chi connectivity index (χ1) is 27.4. The van der Waals surface area contributed by atoms with E-state index in [2.05, 4.69) is 192 Å². The van der Waals surface area contributed by atoms with Crippen LogP contribution < -0.4 is 20.9 Å². The van der Waals surface area contributed by atoms with Gasteiger partial charge in [0.25, 0.3) is 0 Å². The molecule has 2 heteroatoms. The Morgan fingerprint density at radius 3 is 2.20 bits per heavy atom. The molecule has 2 nitrogen and oxygen atoms in total. The maximum atomic E-state index is 5.28. The lowest BCUT2D eigenvalue weighted by Crippen LogP contribution is -2.33. The number of hydrogen-bond donors (Lipinski definition) is 0. The van der Waals surface area contributed by atoms with Crippen LogP contribution >= 0.6 is 0 Å². The molecule has 56 heavy (non-hydrogen) atoms. The molecule has 1 aliphatic carbocycles. The molecule has 0 unspecified atom stereocenters. The molecule has 1 heterocycles. The van der Waals surface area contributed by atoms with Crippen LogP contribution in [0.4, 0.5) is 5.82 Å². The second-order valence-corrected chi connectivity index (χ2v) is 14.3. The van der Waals surface area contributed by atoms with E-state index >= 15 is 0 Å². The molecule has 0 atom stereocenters. The molecule has 6 aromatic carbocycles. The van der Waals surface area contributed by atoms with Gasteiger partial charge in [-0.2, -0.15) is 0 Å². The molecule has 0 bridgehead atoms. The molecule has 0 radical (unpaired) electrons. The molecule has 0 aliphatic heterocycles. The Morgan fingerprint density at radius 2 is 1.41 bits per heavy atom. The van der Waals surface area contributed by atoms with Gasteiger partial charge in [0.1, 0.15) is 0 Å². The fraction of sp³-hybridized carbons (Fsp3) is 0.0741. The first-order valence-corrected chi connectivity index (χ1v) is 19.2. The highest BCUT2D eigenvalue weighted by Gasteiger charge is 2.17. The number of rotatable bonds is 8. The minimum atomic E-state index is 0.729. The highest BCUT2D eigenvalue weighted by molar-refractivity contribution is 6.26. The lowest BCUT2D eigenvalue weighted by Gasteiger charge is -2.17. The summed E-state index contributed by atoms with van der Waals surface area (Å²) in [5.41, 5.74) is 14.5. The maximum Gasteiger partial charge on any atom is 0.155 e. The number of fused-ring (bicyclic) bond motifs is 2. The Balaban J connectivity index is 1.26. The predicted octanol–water partition coefficient (Wildman–Crippen LogP) is 11.0. The van der Waals surface area contributed by atoms with Crippen LogP contribution in [0.25, 0.3) is 75.2 Å². The minimum absolute atomic E-state index is 0.729. The summed E-state index contributed by atoms with van der Waals surface area (Å²) in [6.45, 7) is 14.6. The second-order valence-electron chi connectivity index (χ2n) is 14.3. The van der Waals surface area contributed by atoms with Crippen LogP contribution in [0.1, 0.15) is 48.1 Å². The van der Waals surface area contributed by atoms with Gasteiger partial charge >= 0.3 is 0 Å². The van der Waals surface area contributed by atoms with Crippen LogP contribution in [0.2, 0.25) is 0 Å². The molecule has 8 rings (SSSR count). The van der Waals surface area contributed by atoms with Crippen molar-refractivity contribution in [2.45, 2.75) is 27.2 Å². The third kappa shape index (κ3) is 7.30. The summed E-state index contributed by atoms with van der Waals surface area (Å²) in [4.78, 5) is 10.3. The number of hydrogen-bond acceptors (Lipinski definition) is 2. The van der Waals surface area contributed by atoms with Gasteiger partial charge < -0.3 is 0 Å². The monoisotopic (exact) mass is 720 g/mol. The van der Waals surface area contributed by atoms with Crippen molar-refractivity contribution in [3.8, 4) is 22.3 Å². The van der Waals surface area contributed by atoms with Gasteiger partial charge in [0.2, 0.25) is 0 Å². The van der Waals surface area contributed by atoms with Crippen LogP contribution in [0.5, 0.6) is 0 Å². The van der Waals surface area contributed by atoms with Gasteiger partial charge in [0.15, 0.2) is 5.82 Å². The molecule has 0 fully saturated rings. The standard InChI is InChI=1S/C54H44N2/c1-6-15-44-32-45(27-22-38(44)7-2)49-34-47(39(8-3)31-43-18-10-9-16-36(43)4)33-48(35-49)40-23-25-42(26-24-40)53-50-20-13-11-17-41(50)28-29-52(53)56-54-37(5)30-46-19-12-14-21-51(46)55-54/h6-28,30-35H,2,4,29H2,1,3,5H3/b15-6-,39-8+,43-31-,56-52?. The minimum Gasteiger partial charge on any atom is -0.232 e. The Bertz CT molecular complexity index is 2990. The van der Waals surface area contributed by atoms with E-state index in [4.69, 9.17) is 9.98 Å². The SMILES string of the molecule is C=Cc1ccc(-c2cc(C(/C=c3/ccccc3=C)=C/C)cc(-c3ccc(C4=c5ccccc5=CCC4=Nc4nc5ccccc5cc4C)cc3)c2)cc1/C=C\C.